The lowest BCUT2D eigenvalue weighted by Gasteiger charge is -2.28. The number of nitrogens with one attached hydrogen (secondary N) is 4. The maximum absolute atomic E-state index is 13.8. The van der Waals surface area contributed by atoms with Crippen molar-refractivity contribution >= 4 is 81.7 Å². The molecule has 0 radical (unpaired) electrons. The molecule has 0 aliphatic rings. The predicted octanol–water partition coefficient (Wildman–Crippen LogP) is 6.04. The molecule has 2 heterocycles. The van der Waals surface area contributed by atoms with E-state index in [0.29, 0.717) is 17.6 Å². The van der Waals surface area contributed by atoms with Crippen LogP contribution in [0.4, 0.5) is 5.82 Å². The van der Waals surface area contributed by atoms with Crippen LogP contribution in [-0.2, 0) is 49.1 Å². The number of carbonyl (C=O) groups excluding carboxylic acids is 4. The number of rotatable bonds is 39. The molecule has 24 heteroatoms. The smallest absolute Gasteiger partial charge is 0.353 e. The van der Waals surface area contributed by atoms with Gasteiger partial charge in [-0.3, -0.25) is 28.5 Å². The molecular weight excluding hydrogens is 954 g/mol. The van der Waals surface area contributed by atoms with Crippen molar-refractivity contribution in [2.24, 2.45) is 11.8 Å². The second-order valence-electron chi connectivity index (χ2n) is 17.9. The average molecular weight is 1030 g/mol. The zero-order valence-corrected chi connectivity index (χ0v) is 43.7. The summed E-state index contributed by atoms with van der Waals surface area (Å²) in [5.74, 6) is -5.84. The van der Waals surface area contributed by atoms with Crippen LogP contribution in [0.15, 0.2) is 12.7 Å². The van der Waals surface area contributed by atoms with Crippen LogP contribution in [0.2, 0.25) is 0 Å². The normalized spacial score (nSPS) is 14.7. The Morgan fingerprint density at radius 1 is 0.739 bits per heavy atom. The molecule has 4 amide bonds. The highest BCUT2D eigenvalue weighted by Crippen LogP contribution is 2.42. The molecule has 0 saturated carbocycles. The van der Waals surface area contributed by atoms with Gasteiger partial charge in [0.1, 0.15) is 42.4 Å². The number of hydrogen-bond donors (Lipinski definition) is 8. The molecule has 2 rings (SSSR count). The van der Waals surface area contributed by atoms with Crippen molar-refractivity contribution in [3.8, 4) is 0 Å². The highest BCUT2D eigenvalue weighted by atomic mass is 33.1. The fourth-order valence-electron chi connectivity index (χ4n) is 7.11. The minimum absolute atomic E-state index is 0.132. The number of aliphatic carboxylic acids is 2. The van der Waals surface area contributed by atoms with Crippen molar-refractivity contribution in [3.63, 3.8) is 0 Å². The summed E-state index contributed by atoms with van der Waals surface area (Å²) < 4.78 is 25.2. The topological polar surface area (TPSA) is 316 Å². The lowest BCUT2D eigenvalue weighted by atomic mass is 9.99. The lowest BCUT2D eigenvalue weighted by Crippen LogP contribution is -2.60. The van der Waals surface area contributed by atoms with Gasteiger partial charge in [-0.25, -0.2) is 19.7 Å². The van der Waals surface area contributed by atoms with Crippen LogP contribution in [0, 0.1) is 11.8 Å². The molecule has 6 atom stereocenters. The molecule has 21 nitrogen and oxygen atoms in total. The van der Waals surface area contributed by atoms with Crippen molar-refractivity contribution in [2.45, 2.75) is 181 Å². The zero-order valence-electron chi connectivity index (χ0n) is 41.2. The van der Waals surface area contributed by atoms with E-state index in [1.54, 1.807) is 39.2 Å². The first kappa shape index (κ1) is 61.1. The van der Waals surface area contributed by atoms with E-state index in [-0.39, 0.29) is 48.7 Å². The third kappa shape index (κ3) is 25.1. The van der Waals surface area contributed by atoms with E-state index in [0.717, 1.165) is 40.9 Å². The maximum atomic E-state index is 13.8. The molecular formula is C45H78N9O12PS2. The van der Waals surface area contributed by atoms with Crippen LogP contribution < -0.4 is 27.0 Å². The molecule has 0 bridgehead atoms. The average Bonchev–Trinajstić information content (AvgIpc) is 3.70. The van der Waals surface area contributed by atoms with Crippen LogP contribution in [0.3, 0.4) is 0 Å². The second kappa shape index (κ2) is 33.5. The van der Waals surface area contributed by atoms with Crippen LogP contribution in [0.5, 0.6) is 0 Å². The fraction of sp³-hybridized carbons (Fsp3) is 0.756. The Morgan fingerprint density at radius 3 is 1.88 bits per heavy atom. The van der Waals surface area contributed by atoms with Gasteiger partial charge in [0.05, 0.1) is 25.6 Å². The largest absolute Gasteiger partial charge is 0.481 e. The number of carbonyl (C=O) groups is 6. The van der Waals surface area contributed by atoms with Gasteiger partial charge in [0, 0.05) is 24.3 Å². The summed E-state index contributed by atoms with van der Waals surface area (Å²) in [7, 11) is -1.98. The molecule has 392 valence electrons. The van der Waals surface area contributed by atoms with E-state index >= 15 is 0 Å². The van der Waals surface area contributed by atoms with Crippen molar-refractivity contribution in [1.29, 1.82) is 0 Å². The number of hydrogen-bond acceptors (Lipinski definition) is 15. The van der Waals surface area contributed by atoms with Gasteiger partial charge in [-0.1, -0.05) is 133 Å². The predicted molar refractivity (Wildman–Crippen MR) is 268 cm³/mol. The van der Waals surface area contributed by atoms with Gasteiger partial charge in [-0.2, -0.15) is 0 Å². The zero-order chi connectivity index (χ0) is 51.4. The molecule has 0 aliphatic carbocycles. The van der Waals surface area contributed by atoms with Crippen LogP contribution >= 0.6 is 29.2 Å². The number of amides is 4. The van der Waals surface area contributed by atoms with Gasteiger partial charge >= 0.3 is 19.5 Å². The van der Waals surface area contributed by atoms with Crippen molar-refractivity contribution in [1.82, 2.24) is 40.8 Å². The summed E-state index contributed by atoms with van der Waals surface area (Å²) in [5.41, 5.74) is 6.74. The van der Waals surface area contributed by atoms with E-state index in [9.17, 15) is 43.3 Å². The number of unbranched alkanes of at least 4 members (excludes halogenated alkanes) is 12. The summed E-state index contributed by atoms with van der Waals surface area (Å²) in [4.78, 5) is 99.8. The second-order valence-corrected chi connectivity index (χ2v) is 22.3. The Bertz CT molecular complexity index is 1950. The number of nitrogens with zero attached hydrogens (tertiary/aromatic N) is 4. The highest BCUT2D eigenvalue weighted by molar-refractivity contribution is 8.76. The lowest BCUT2D eigenvalue weighted by molar-refractivity contribution is -0.143. The number of nitrogen functional groups attached to an aromatic ring is 1. The summed E-state index contributed by atoms with van der Waals surface area (Å²) in [6.45, 7) is 10.9. The summed E-state index contributed by atoms with van der Waals surface area (Å²) in [6, 6.07) is -5.06. The molecule has 69 heavy (non-hydrogen) atoms. The van der Waals surface area contributed by atoms with E-state index in [1.807, 2.05) is 0 Å². The summed E-state index contributed by atoms with van der Waals surface area (Å²) >= 11 is 0. The third-order valence-corrected chi connectivity index (χ3v) is 14.5. The molecule has 0 aliphatic heterocycles. The Balaban J connectivity index is 1.94. The monoisotopic (exact) mass is 1030 g/mol. The van der Waals surface area contributed by atoms with Crippen molar-refractivity contribution in [2.75, 3.05) is 30.2 Å². The molecule has 0 fully saturated rings. The first-order valence-electron chi connectivity index (χ1n) is 24.1. The summed E-state index contributed by atoms with van der Waals surface area (Å²) in [5, 5.41) is 29.3. The number of carboxylic acid groups (broad SMARTS) is 2. The van der Waals surface area contributed by atoms with Gasteiger partial charge in [-0.05, 0) is 31.6 Å². The van der Waals surface area contributed by atoms with Gasteiger partial charge in [-0.15, -0.1) is 0 Å². The molecule has 2 unspecified atom stereocenters. The SMILES string of the molecule is CCCCCCCCCCCCCCCC(=O)N[C@H](C(=O)NC(C(=O)N[C@@H](CSSCCOP(=O)(O)CO[C@H](C)Cn1cnc2c(N)ncnc21)C(=O)N[C@@H](CCC(=O)O)C(=O)O)C(C)C)C(C)C. The summed E-state index contributed by atoms with van der Waals surface area (Å²) in [6.07, 6.45) is 16.2. The minimum Gasteiger partial charge on any atom is -0.481 e. The minimum atomic E-state index is -4.20. The number of aromatic nitrogens is 4. The Labute approximate surface area is 414 Å². The first-order valence-corrected chi connectivity index (χ1v) is 28.4. The van der Waals surface area contributed by atoms with Gasteiger partial charge in [0.15, 0.2) is 11.5 Å². The molecule has 2 aromatic heterocycles. The van der Waals surface area contributed by atoms with Crippen molar-refractivity contribution < 1.29 is 57.7 Å². The molecule has 0 aromatic carbocycles. The number of nitrogens with two attached hydrogens (primary N) is 1. The number of ether oxygens (including phenoxy) is 1. The standard InChI is InChI=1S/C45H78N9O12PS2/c1-7-8-9-10-11-12-13-14-15-16-17-18-19-20-35(55)52-37(30(2)3)44(60)53-38(31(4)5)43(59)51-34(42(58)50-33(45(61)62)21-22-36(56)57)26-69-68-24-23-66-67(63,64)29-65-32(6)25-54-28-49-39-40(46)47-27-48-41(39)54/h27-28,30-34,37-38H,7-26,29H2,1-6H3,(H,50,58)(H,51,59)(H,52,55)(H,53,60)(H,56,57)(H,61,62)(H,63,64)(H2,46,47,48)/t32-,33+,34+,37+,38?/m1/s1. The first-order chi connectivity index (χ1) is 32.8. The third-order valence-electron chi connectivity index (χ3n) is 11.1. The van der Waals surface area contributed by atoms with E-state index < -0.39 is 92.6 Å². The van der Waals surface area contributed by atoms with Crippen molar-refractivity contribution in [3.05, 3.63) is 12.7 Å². The van der Waals surface area contributed by atoms with Gasteiger partial charge < -0.3 is 55.9 Å². The Kier molecular flexibility index (Phi) is 29.7. The van der Waals surface area contributed by atoms with Gasteiger partial charge in [0.2, 0.25) is 23.6 Å². The maximum Gasteiger partial charge on any atom is 0.353 e. The molecule has 0 spiro atoms. The molecule has 9 N–H and O–H groups in total. The molecule has 0 saturated heterocycles. The molecule has 2 aromatic rings. The number of fused-ring (bicyclic) bond motifs is 1. The highest BCUT2D eigenvalue weighted by Gasteiger charge is 2.34. The quantitative estimate of drug-likeness (QED) is 0.0215. The number of imidazole rings is 1. The van der Waals surface area contributed by atoms with Crippen LogP contribution in [0.1, 0.15) is 144 Å². The van der Waals surface area contributed by atoms with E-state index in [1.165, 1.54) is 70.4 Å². The van der Waals surface area contributed by atoms with Crippen LogP contribution in [-0.4, -0.2) is 125 Å². The van der Waals surface area contributed by atoms with Gasteiger partial charge in [0.25, 0.3) is 0 Å². The Morgan fingerprint density at radius 2 is 1.30 bits per heavy atom. The number of anilines is 1. The Hall–Kier alpha value is -4.02. The fourth-order valence-corrected chi connectivity index (χ4v) is 10.1. The van der Waals surface area contributed by atoms with E-state index in [4.69, 9.17) is 20.1 Å². The van der Waals surface area contributed by atoms with E-state index in [2.05, 4.69) is 43.1 Å². The van der Waals surface area contributed by atoms with Crippen LogP contribution in [0.25, 0.3) is 11.2 Å². The number of carboxylic acids is 2.